The first-order chi connectivity index (χ1) is 12.3. The highest BCUT2D eigenvalue weighted by atomic mass is 32.2. The van der Waals surface area contributed by atoms with Gasteiger partial charge in [-0.05, 0) is 37.1 Å². The zero-order valence-corrected chi connectivity index (χ0v) is 15.0. The third kappa shape index (κ3) is 4.77. The summed E-state index contributed by atoms with van der Waals surface area (Å²) in [5.41, 5.74) is 0. The van der Waals surface area contributed by atoms with E-state index in [1.54, 1.807) is 0 Å². The molecule has 0 radical (unpaired) electrons. The quantitative estimate of drug-likeness (QED) is 0.701. The Balaban J connectivity index is 2.09. The molecule has 1 heterocycles. The van der Waals surface area contributed by atoms with Gasteiger partial charge in [0, 0.05) is 20.2 Å². The second kappa shape index (κ2) is 8.56. The molecule has 0 bridgehead atoms. The number of carbonyl (C=O) groups excluding carboxylic acids is 1. The molecule has 2 rings (SSSR count). The largest absolute Gasteiger partial charge is 0.480 e. The summed E-state index contributed by atoms with van der Waals surface area (Å²) in [4.78, 5) is 23.4. The fraction of sp³-hybridized carbons (Fsp3) is 0.500. The van der Waals surface area contributed by atoms with Crippen LogP contribution in [0.2, 0.25) is 0 Å². The maximum Gasteiger partial charge on any atom is 0.328 e. The number of benzene rings is 1. The van der Waals surface area contributed by atoms with Gasteiger partial charge in [0.05, 0.1) is 17.4 Å². The van der Waals surface area contributed by atoms with Crippen molar-refractivity contribution in [2.24, 2.45) is 5.92 Å². The third-order valence-corrected chi connectivity index (χ3v) is 6.03. The number of halogens is 1. The summed E-state index contributed by atoms with van der Waals surface area (Å²) in [5, 5.41) is 11.4. The summed E-state index contributed by atoms with van der Waals surface area (Å²) >= 11 is 0. The van der Waals surface area contributed by atoms with Gasteiger partial charge in [0.1, 0.15) is 5.82 Å². The number of amides is 1. The van der Waals surface area contributed by atoms with Crippen LogP contribution in [0.5, 0.6) is 0 Å². The van der Waals surface area contributed by atoms with Crippen molar-refractivity contribution < 1.29 is 32.2 Å². The third-order valence-electron chi connectivity index (χ3n) is 4.15. The molecular formula is C16H21FN2O6S. The van der Waals surface area contributed by atoms with Crippen LogP contribution in [-0.4, -0.2) is 62.6 Å². The molecule has 10 heteroatoms. The molecule has 1 aliphatic rings. The summed E-state index contributed by atoms with van der Waals surface area (Å²) in [5.74, 6) is -2.98. The maximum absolute atomic E-state index is 13.0. The number of piperidine rings is 1. The number of carboxylic acid groups (broad SMARTS) is 1. The first kappa shape index (κ1) is 20.3. The number of aliphatic carboxylic acids is 1. The van der Waals surface area contributed by atoms with E-state index in [9.17, 15) is 22.4 Å². The van der Waals surface area contributed by atoms with E-state index in [0.717, 1.165) is 12.1 Å². The molecule has 2 atom stereocenters. The average molecular weight is 388 g/mol. The second-order valence-electron chi connectivity index (χ2n) is 6.01. The Kier molecular flexibility index (Phi) is 6.68. The van der Waals surface area contributed by atoms with Crippen LogP contribution in [0.25, 0.3) is 0 Å². The van der Waals surface area contributed by atoms with Crippen molar-refractivity contribution in [1.29, 1.82) is 0 Å². The van der Waals surface area contributed by atoms with Gasteiger partial charge in [0.25, 0.3) is 0 Å². The van der Waals surface area contributed by atoms with Crippen LogP contribution < -0.4 is 5.32 Å². The van der Waals surface area contributed by atoms with Crippen LogP contribution in [0.15, 0.2) is 29.2 Å². The number of hydrogen-bond acceptors (Lipinski definition) is 5. The minimum Gasteiger partial charge on any atom is -0.480 e. The number of nitrogens with one attached hydrogen (secondary N) is 1. The van der Waals surface area contributed by atoms with Gasteiger partial charge in [-0.3, -0.25) is 4.79 Å². The highest BCUT2D eigenvalue weighted by molar-refractivity contribution is 7.89. The number of ether oxygens (including phenoxy) is 1. The number of sulfonamides is 1. The zero-order chi connectivity index (χ0) is 19.3. The first-order valence-electron chi connectivity index (χ1n) is 8.03. The lowest BCUT2D eigenvalue weighted by molar-refractivity contribution is -0.144. The van der Waals surface area contributed by atoms with Gasteiger partial charge < -0.3 is 15.2 Å². The van der Waals surface area contributed by atoms with Gasteiger partial charge in [-0.25, -0.2) is 17.6 Å². The van der Waals surface area contributed by atoms with E-state index in [1.165, 1.54) is 23.5 Å². The molecule has 1 saturated heterocycles. The standard InChI is InChI=1S/C16H21FN2O6S/c1-25-10-14(16(21)22)18-15(20)11-3-2-8-19(9-11)26(23,24)13-6-4-12(17)5-7-13/h4-7,11,14H,2-3,8-10H2,1H3,(H,18,20)(H,21,22). The van der Waals surface area contributed by atoms with E-state index in [0.29, 0.717) is 12.8 Å². The smallest absolute Gasteiger partial charge is 0.328 e. The highest BCUT2D eigenvalue weighted by Gasteiger charge is 2.34. The molecule has 1 aliphatic heterocycles. The molecule has 2 N–H and O–H groups in total. The Bertz CT molecular complexity index is 753. The van der Waals surface area contributed by atoms with Crippen molar-refractivity contribution in [3.8, 4) is 0 Å². The monoisotopic (exact) mass is 388 g/mol. The van der Waals surface area contributed by atoms with Crippen molar-refractivity contribution in [2.75, 3.05) is 26.8 Å². The molecule has 0 aliphatic carbocycles. The molecule has 1 aromatic rings. The lowest BCUT2D eigenvalue weighted by Gasteiger charge is -2.31. The van der Waals surface area contributed by atoms with Crippen LogP contribution in [0.1, 0.15) is 12.8 Å². The van der Waals surface area contributed by atoms with E-state index >= 15 is 0 Å². The summed E-state index contributed by atoms with van der Waals surface area (Å²) in [7, 11) is -2.54. The van der Waals surface area contributed by atoms with Crippen LogP contribution in [0.3, 0.4) is 0 Å². The predicted octanol–water partition coefficient (Wildman–Crippen LogP) is 0.442. The summed E-state index contributed by atoms with van der Waals surface area (Å²) in [6.07, 6.45) is 0.904. The van der Waals surface area contributed by atoms with Crippen LogP contribution in [-0.2, 0) is 24.3 Å². The number of carboxylic acids is 1. The van der Waals surface area contributed by atoms with E-state index in [4.69, 9.17) is 9.84 Å². The normalized spacial score (nSPS) is 19.7. The molecular weight excluding hydrogens is 367 g/mol. The van der Waals surface area contributed by atoms with Gasteiger partial charge in [-0.2, -0.15) is 4.31 Å². The molecule has 26 heavy (non-hydrogen) atoms. The maximum atomic E-state index is 13.0. The summed E-state index contributed by atoms with van der Waals surface area (Å²) < 4.78 is 44.3. The molecule has 1 amide bonds. The van der Waals surface area contributed by atoms with E-state index in [1.807, 2.05) is 0 Å². The molecule has 2 unspecified atom stereocenters. The van der Waals surface area contributed by atoms with Gasteiger partial charge in [-0.1, -0.05) is 0 Å². The van der Waals surface area contributed by atoms with Crippen LogP contribution in [0, 0.1) is 11.7 Å². The topological polar surface area (TPSA) is 113 Å². The van der Waals surface area contributed by atoms with E-state index in [-0.39, 0.29) is 24.6 Å². The number of methoxy groups -OCH3 is 1. The van der Waals surface area contributed by atoms with E-state index in [2.05, 4.69) is 5.32 Å². The van der Waals surface area contributed by atoms with Crippen molar-refractivity contribution in [3.05, 3.63) is 30.1 Å². The van der Waals surface area contributed by atoms with E-state index < -0.39 is 39.7 Å². The van der Waals surface area contributed by atoms with Crippen molar-refractivity contribution in [2.45, 2.75) is 23.8 Å². The zero-order valence-electron chi connectivity index (χ0n) is 14.2. The van der Waals surface area contributed by atoms with Gasteiger partial charge in [0.15, 0.2) is 6.04 Å². The van der Waals surface area contributed by atoms with Crippen molar-refractivity contribution in [1.82, 2.24) is 9.62 Å². The second-order valence-corrected chi connectivity index (χ2v) is 7.95. The lowest BCUT2D eigenvalue weighted by Crippen LogP contribution is -2.50. The highest BCUT2D eigenvalue weighted by Crippen LogP contribution is 2.24. The predicted molar refractivity (Wildman–Crippen MR) is 89.3 cm³/mol. The van der Waals surface area contributed by atoms with Crippen LogP contribution >= 0.6 is 0 Å². The Labute approximate surface area is 151 Å². The SMILES string of the molecule is COCC(NC(=O)C1CCCN(S(=O)(=O)c2ccc(F)cc2)C1)C(=O)O. The molecule has 0 spiro atoms. The minimum atomic E-state index is -3.85. The molecule has 0 saturated carbocycles. The molecule has 0 aromatic heterocycles. The summed E-state index contributed by atoms with van der Waals surface area (Å²) in [6.45, 7) is -0.0137. The number of hydrogen-bond donors (Lipinski definition) is 2. The molecule has 1 aromatic carbocycles. The fourth-order valence-electron chi connectivity index (χ4n) is 2.76. The fourth-order valence-corrected chi connectivity index (χ4v) is 4.29. The molecule has 144 valence electrons. The van der Waals surface area contributed by atoms with Crippen molar-refractivity contribution >= 4 is 21.9 Å². The van der Waals surface area contributed by atoms with Gasteiger partial charge in [-0.15, -0.1) is 0 Å². The Morgan fingerprint density at radius 1 is 1.38 bits per heavy atom. The number of nitrogens with zero attached hydrogens (tertiary/aromatic N) is 1. The Morgan fingerprint density at radius 2 is 2.04 bits per heavy atom. The summed E-state index contributed by atoms with van der Waals surface area (Å²) in [6, 6.07) is 3.27. The lowest BCUT2D eigenvalue weighted by atomic mass is 9.98. The van der Waals surface area contributed by atoms with Gasteiger partial charge in [0.2, 0.25) is 15.9 Å². The van der Waals surface area contributed by atoms with Crippen LogP contribution in [0.4, 0.5) is 4.39 Å². The minimum absolute atomic E-state index is 0.0530. The Hall–Kier alpha value is -2.04. The van der Waals surface area contributed by atoms with Gasteiger partial charge >= 0.3 is 5.97 Å². The first-order valence-corrected chi connectivity index (χ1v) is 9.47. The molecule has 8 nitrogen and oxygen atoms in total. The van der Waals surface area contributed by atoms with Crippen molar-refractivity contribution in [3.63, 3.8) is 0 Å². The number of carbonyl (C=O) groups is 2. The number of rotatable bonds is 7. The average Bonchev–Trinajstić information content (AvgIpc) is 2.61. The Morgan fingerprint density at radius 3 is 2.62 bits per heavy atom. The molecule has 1 fully saturated rings.